The van der Waals surface area contributed by atoms with E-state index in [0.717, 1.165) is 23.6 Å². The predicted molar refractivity (Wildman–Crippen MR) is 73.0 cm³/mol. The Morgan fingerprint density at radius 3 is 3.00 bits per heavy atom. The molecule has 0 atom stereocenters. The van der Waals surface area contributed by atoms with E-state index < -0.39 is 5.91 Å². The Labute approximate surface area is 116 Å². The molecule has 2 aromatic heterocycles. The van der Waals surface area contributed by atoms with Crippen LogP contribution in [0, 0.1) is 6.92 Å². The molecule has 0 spiro atoms. The first-order valence-corrected chi connectivity index (χ1v) is 6.31. The largest absolute Gasteiger partial charge is 0.484 e. The molecule has 0 saturated carbocycles. The topological polar surface area (TPSA) is 90.4 Å². The zero-order valence-corrected chi connectivity index (χ0v) is 11.5. The number of nitrogens with two attached hydrogens (primary N) is 1. The van der Waals surface area contributed by atoms with Crippen LogP contribution in [0.3, 0.4) is 0 Å². The third kappa shape index (κ3) is 3.16. The number of aryl methyl sites for hydroxylation is 2. The van der Waals surface area contributed by atoms with Gasteiger partial charge in [0.1, 0.15) is 24.4 Å². The minimum absolute atomic E-state index is 0.232. The summed E-state index contributed by atoms with van der Waals surface area (Å²) in [7, 11) is 0. The molecule has 6 nitrogen and oxygen atoms in total. The lowest BCUT2D eigenvalue weighted by Gasteiger charge is -2.09. The quantitative estimate of drug-likeness (QED) is 0.492. The van der Waals surface area contributed by atoms with Crippen LogP contribution in [0.1, 0.15) is 34.4 Å². The number of amides is 1. The minimum atomic E-state index is -0.397. The van der Waals surface area contributed by atoms with Gasteiger partial charge in [0.05, 0.1) is 11.3 Å². The summed E-state index contributed by atoms with van der Waals surface area (Å²) in [6.07, 6.45) is 2.13. The van der Waals surface area contributed by atoms with Crippen molar-refractivity contribution >= 4 is 5.91 Å². The summed E-state index contributed by atoms with van der Waals surface area (Å²) in [5, 5.41) is 0. The van der Waals surface area contributed by atoms with E-state index in [1.54, 1.807) is 6.07 Å². The third-order valence-corrected chi connectivity index (χ3v) is 2.82. The fraction of sp³-hybridized carbons (Fsp3) is 0.286. The second-order valence-corrected chi connectivity index (χ2v) is 4.31. The smallest absolute Gasteiger partial charge is 0.268 e. The first-order chi connectivity index (χ1) is 9.63. The molecule has 3 N–H and O–H groups in total. The molecule has 20 heavy (non-hydrogen) atoms. The van der Waals surface area contributed by atoms with Crippen molar-refractivity contribution in [1.29, 1.82) is 0 Å². The van der Waals surface area contributed by atoms with Crippen LogP contribution in [0.15, 0.2) is 28.9 Å². The number of nitrogens with one attached hydrogen (secondary N) is 1. The van der Waals surface area contributed by atoms with Crippen LogP contribution in [0.2, 0.25) is 0 Å². The van der Waals surface area contributed by atoms with Gasteiger partial charge in [0.2, 0.25) is 0 Å². The Bertz CT molecular complexity index is 607. The number of nitrogen functional groups attached to an aromatic ring is 1. The molecule has 2 aromatic rings. The molecule has 0 radical (unpaired) electrons. The molecule has 106 valence electrons. The third-order valence-electron chi connectivity index (χ3n) is 2.82. The lowest BCUT2D eigenvalue weighted by molar-refractivity contribution is 0.0953. The number of carbonyl (C=O) groups excluding carboxylic acids is 1. The predicted octanol–water partition coefficient (Wildman–Crippen LogP) is 1.73. The van der Waals surface area contributed by atoms with Crippen LogP contribution in [0.5, 0.6) is 5.75 Å². The van der Waals surface area contributed by atoms with Gasteiger partial charge in [-0.2, -0.15) is 0 Å². The van der Waals surface area contributed by atoms with Gasteiger partial charge in [0, 0.05) is 5.69 Å². The summed E-state index contributed by atoms with van der Waals surface area (Å²) < 4.78 is 10.9. The van der Waals surface area contributed by atoms with Crippen LogP contribution in [-0.2, 0) is 13.0 Å². The molecule has 0 aliphatic rings. The molecule has 0 unspecified atom stereocenters. The van der Waals surface area contributed by atoms with Crippen molar-refractivity contribution in [1.82, 2.24) is 10.4 Å². The Kier molecular flexibility index (Phi) is 4.37. The minimum Gasteiger partial charge on any atom is -0.484 e. The fourth-order valence-electron chi connectivity index (χ4n) is 1.79. The van der Waals surface area contributed by atoms with Gasteiger partial charge >= 0.3 is 0 Å². The molecular weight excluding hydrogens is 258 g/mol. The van der Waals surface area contributed by atoms with E-state index in [-0.39, 0.29) is 6.61 Å². The van der Waals surface area contributed by atoms with Gasteiger partial charge < -0.3 is 9.15 Å². The van der Waals surface area contributed by atoms with Gasteiger partial charge in [0.25, 0.3) is 5.91 Å². The molecule has 0 aromatic carbocycles. The van der Waals surface area contributed by atoms with Crippen LogP contribution >= 0.6 is 0 Å². The van der Waals surface area contributed by atoms with Crippen molar-refractivity contribution in [3.05, 3.63) is 47.2 Å². The van der Waals surface area contributed by atoms with Gasteiger partial charge in [-0.1, -0.05) is 6.92 Å². The van der Waals surface area contributed by atoms with E-state index in [1.807, 2.05) is 31.4 Å². The highest BCUT2D eigenvalue weighted by molar-refractivity contribution is 5.93. The fourth-order valence-corrected chi connectivity index (χ4v) is 1.79. The van der Waals surface area contributed by atoms with Gasteiger partial charge in [-0.3, -0.25) is 15.2 Å². The summed E-state index contributed by atoms with van der Waals surface area (Å²) in [4.78, 5) is 15.7. The highest BCUT2D eigenvalue weighted by Gasteiger charge is 2.10. The first-order valence-electron chi connectivity index (χ1n) is 6.31. The maximum Gasteiger partial charge on any atom is 0.268 e. The summed E-state index contributed by atoms with van der Waals surface area (Å²) >= 11 is 0. The molecule has 6 heteroatoms. The van der Waals surface area contributed by atoms with Gasteiger partial charge in [-0.15, -0.1) is 0 Å². The number of pyridine rings is 1. The lowest BCUT2D eigenvalue weighted by Crippen LogP contribution is -2.29. The van der Waals surface area contributed by atoms with Crippen molar-refractivity contribution in [3.63, 3.8) is 0 Å². The zero-order valence-electron chi connectivity index (χ0n) is 11.5. The van der Waals surface area contributed by atoms with Crippen molar-refractivity contribution in [3.8, 4) is 5.75 Å². The molecule has 2 heterocycles. The SMILES string of the molecule is CCc1nc(C)ccc1OCc1cc(C(=O)NN)co1. The number of carbonyl (C=O) groups is 1. The molecule has 0 fully saturated rings. The van der Waals surface area contributed by atoms with Crippen molar-refractivity contribution < 1.29 is 13.9 Å². The van der Waals surface area contributed by atoms with Crippen molar-refractivity contribution in [2.45, 2.75) is 26.9 Å². The molecule has 1 amide bonds. The molecule has 0 bridgehead atoms. The number of hydrogen-bond acceptors (Lipinski definition) is 5. The maximum atomic E-state index is 11.3. The summed E-state index contributed by atoms with van der Waals surface area (Å²) in [6.45, 7) is 4.19. The zero-order chi connectivity index (χ0) is 14.5. The summed E-state index contributed by atoms with van der Waals surface area (Å²) in [5.74, 6) is 5.92. The number of hydrogen-bond donors (Lipinski definition) is 2. The first kappa shape index (κ1) is 14.1. The van der Waals surface area contributed by atoms with E-state index in [4.69, 9.17) is 15.0 Å². The Hall–Kier alpha value is -2.34. The van der Waals surface area contributed by atoms with E-state index in [2.05, 4.69) is 4.98 Å². The highest BCUT2D eigenvalue weighted by Crippen LogP contribution is 2.19. The van der Waals surface area contributed by atoms with E-state index in [1.165, 1.54) is 6.26 Å². The average Bonchev–Trinajstić information content (AvgIpc) is 2.93. The number of aromatic nitrogens is 1. The Morgan fingerprint density at radius 2 is 2.30 bits per heavy atom. The summed E-state index contributed by atoms with van der Waals surface area (Å²) in [6, 6.07) is 5.37. The van der Waals surface area contributed by atoms with E-state index in [0.29, 0.717) is 11.3 Å². The van der Waals surface area contributed by atoms with Gasteiger partial charge in [0.15, 0.2) is 0 Å². The highest BCUT2D eigenvalue weighted by atomic mass is 16.5. The van der Waals surface area contributed by atoms with Gasteiger partial charge in [-0.05, 0) is 31.5 Å². The standard InChI is InChI=1S/C14H17N3O3/c1-3-12-13(5-4-9(2)16-12)20-8-11-6-10(7-19-11)14(18)17-15/h4-7H,3,8,15H2,1-2H3,(H,17,18). The normalized spacial score (nSPS) is 10.3. The molecule has 0 aliphatic carbocycles. The van der Waals surface area contributed by atoms with E-state index in [9.17, 15) is 4.79 Å². The van der Waals surface area contributed by atoms with E-state index >= 15 is 0 Å². The molecule has 2 rings (SSSR count). The molecular formula is C14H17N3O3. The Morgan fingerprint density at radius 1 is 1.50 bits per heavy atom. The second-order valence-electron chi connectivity index (χ2n) is 4.31. The number of nitrogens with zero attached hydrogens (tertiary/aromatic N) is 1. The summed E-state index contributed by atoms with van der Waals surface area (Å²) in [5.41, 5.74) is 4.26. The number of furan rings is 1. The van der Waals surface area contributed by atoms with Crippen LogP contribution in [0.25, 0.3) is 0 Å². The Balaban J connectivity index is 2.05. The van der Waals surface area contributed by atoms with Crippen LogP contribution < -0.4 is 16.0 Å². The molecule has 0 saturated heterocycles. The lowest BCUT2D eigenvalue weighted by atomic mass is 10.2. The average molecular weight is 275 g/mol. The second kappa shape index (κ2) is 6.21. The molecule has 0 aliphatic heterocycles. The van der Waals surface area contributed by atoms with Crippen LogP contribution in [-0.4, -0.2) is 10.9 Å². The number of hydrazine groups is 1. The maximum absolute atomic E-state index is 11.3. The van der Waals surface area contributed by atoms with Gasteiger partial charge in [-0.25, -0.2) is 5.84 Å². The number of ether oxygens (including phenoxy) is 1. The van der Waals surface area contributed by atoms with Crippen LogP contribution in [0.4, 0.5) is 0 Å². The van der Waals surface area contributed by atoms with Crippen molar-refractivity contribution in [2.24, 2.45) is 5.84 Å². The van der Waals surface area contributed by atoms with Crippen molar-refractivity contribution in [2.75, 3.05) is 0 Å². The number of rotatable bonds is 5. The monoisotopic (exact) mass is 275 g/mol.